The number of hydrogen-bond acceptors (Lipinski definition) is 7. The van der Waals surface area contributed by atoms with E-state index in [1.54, 1.807) is 12.3 Å². The molecule has 9 nitrogen and oxygen atoms in total. The second-order valence-electron chi connectivity index (χ2n) is 6.14. The lowest BCUT2D eigenvalue weighted by Gasteiger charge is -2.26. The lowest BCUT2D eigenvalue weighted by atomic mass is 10.2. The Balaban J connectivity index is 1.86. The molecular weight excluding hydrogens is 360 g/mol. The summed E-state index contributed by atoms with van der Waals surface area (Å²) in [6.07, 6.45) is 3.79. The molecule has 1 saturated heterocycles. The maximum absolute atomic E-state index is 11.8. The minimum Gasteiger partial charge on any atom is -0.468 e. The number of sulfonamides is 1. The third-order valence-electron chi connectivity index (χ3n) is 4.42. The van der Waals surface area contributed by atoms with Crippen LogP contribution in [0.25, 0.3) is 0 Å². The number of nitrogens with two attached hydrogens (primary N) is 1. The van der Waals surface area contributed by atoms with Crippen molar-refractivity contribution in [3.8, 4) is 0 Å². The van der Waals surface area contributed by atoms with Crippen molar-refractivity contribution < 1.29 is 17.8 Å². The van der Waals surface area contributed by atoms with Crippen molar-refractivity contribution in [1.82, 2.24) is 4.90 Å². The summed E-state index contributed by atoms with van der Waals surface area (Å²) in [6.45, 7) is 2.23. The molecule has 10 heteroatoms. The van der Waals surface area contributed by atoms with E-state index in [0.717, 1.165) is 37.8 Å². The average molecular weight is 380 g/mol. The van der Waals surface area contributed by atoms with Crippen LogP contribution in [-0.2, 0) is 10.0 Å². The van der Waals surface area contributed by atoms with Gasteiger partial charge in [-0.2, -0.15) is 0 Å². The fourth-order valence-corrected chi connectivity index (χ4v) is 3.89. The Bertz CT molecular complexity index is 876. The number of likely N-dealkylation sites (tertiary alicyclic amines) is 1. The van der Waals surface area contributed by atoms with Crippen LogP contribution in [-0.4, -0.2) is 37.9 Å². The van der Waals surface area contributed by atoms with Crippen LogP contribution < -0.4 is 10.5 Å². The Morgan fingerprint density at radius 1 is 1.31 bits per heavy atom. The van der Waals surface area contributed by atoms with Crippen molar-refractivity contribution in [2.24, 2.45) is 5.14 Å². The highest BCUT2D eigenvalue weighted by Gasteiger charge is 2.26. The Morgan fingerprint density at radius 3 is 2.62 bits per heavy atom. The topological polar surface area (TPSA) is 132 Å². The smallest absolute Gasteiger partial charge is 0.270 e. The first-order valence-electron chi connectivity index (χ1n) is 8.19. The summed E-state index contributed by atoms with van der Waals surface area (Å²) >= 11 is 0. The number of nitro benzene ring substituents is 1. The fourth-order valence-electron chi connectivity index (χ4n) is 3.16. The summed E-state index contributed by atoms with van der Waals surface area (Å²) in [7, 11) is -4.11. The third-order valence-corrected chi connectivity index (χ3v) is 5.37. The third kappa shape index (κ3) is 4.03. The number of furan rings is 1. The van der Waals surface area contributed by atoms with E-state index in [2.05, 4.69) is 10.2 Å². The molecule has 1 fully saturated rings. The van der Waals surface area contributed by atoms with Gasteiger partial charge in [0, 0.05) is 18.7 Å². The molecule has 3 N–H and O–H groups in total. The normalized spacial score (nSPS) is 16.5. The summed E-state index contributed by atoms with van der Waals surface area (Å²) in [5.41, 5.74) is -0.101. The van der Waals surface area contributed by atoms with Gasteiger partial charge in [-0.3, -0.25) is 15.0 Å². The van der Waals surface area contributed by atoms with Gasteiger partial charge in [-0.25, -0.2) is 13.6 Å². The number of nitrogens with zero attached hydrogens (tertiary/aromatic N) is 2. The number of benzene rings is 1. The van der Waals surface area contributed by atoms with E-state index in [1.807, 2.05) is 6.07 Å². The number of non-ortho nitro benzene ring substituents is 1. The van der Waals surface area contributed by atoms with E-state index in [9.17, 15) is 18.5 Å². The number of primary sulfonamides is 1. The Kier molecular flexibility index (Phi) is 5.25. The molecule has 1 atom stereocenters. The van der Waals surface area contributed by atoms with Gasteiger partial charge in [0.25, 0.3) is 5.69 Å². The molecule has 2 aromatic rings. The monoisotopic (exact) mass is 380 g/mol. The lowest BCUT2D eigenvalue weighted by molar-refractivity contribution is -0.385. The predicted molar refractivity (Wildman–Crippen MR) is 95.2 cm³/mol. The van der Waals surface area contributed by atoms with Crippen LogP contribution in [0.3, 0.4) is 0 Å². The number of nitro groups is 1. The van der Waals surface area contributed by atoms with Crippen LogP contribution in [0.1, 0.15) is 24.6 Å². The van der Waals surface area contributed by atoms with Crippen LogP contribution in [0, 0.1) is 10.1 Å². The molecule has 0 saturated carbocycles. The lowest BCUT2D eigenvalue weighted by Crippen LogP contribution is -2.31. The molecule has 1 aromatic carbocycles. The highest BCUT2D eigenvalue weighted by atomic mass is 32.2. The van der Waals surface area contributed by atoms with Gasteiger partial charge in [0.1, 0.15) is 10.7 Å². The highest BCUT2D eigenvalue weighted by Crippen LogP contribution is 2.29. The summed E-state index contributed by atoms with van der Waals surface area (Å²) in [5.74, 6) is 0.776. The van der Waals surface area contributed by atoms with Gasteiger partial charge in [0.05, 0.1) is 22.9 Å². The van der Waals surface area contributed by atoms with E-state index in [1.165, 1.54) is 12.1 Å². The Morgan fingerprint density at radius 2 is 2.04 bits per heavy atom. The van der Waals surface area contributed by atoms with Crippen molar-refractivity contribution >= 4 is 21.4 Å². The Labute approximate surface area is 151 Å². The molecule has 1 aliphatic heterocycles. The van der Waals surface area contributed by atoms with E-state index in [-0.39, 0.29) is 22.3 Å². The van der Waals surface area contributed by atoms with Crippen LogP contribution >= 0.6 is 0 Å². The van der Waals surface area contributed by atoms with Crippen molar-refractivity contribution in [3.63, 3.8) is 0 Å². The zero-order valence-electron chi connectivity index (χ0n) is 14.0. The first-order chi connectivity index (χ1) is 12.4. The number of hydrogen-bond donors (Lipinski definition) is 2. The minimum absolute atomic E-state index is 0.0731. The van der Waals surface area contributed by atoms with Gasteiger partial charge < -0.3 is 9.73 Å². The van der Waals surface area contributed by atoms with E-state index in [4.69, 9.17) is 9.56 Å². The average Bonchev–Trinajstić information content (AvgIpc) is 3.28. The standard InChI is InChI=1S/C16H20N4O5S/c17-26(23,24)16-10-12(20(21)22)5-6-13(16)18-11-14(15-4-3-9-25-15)19-7-1-2-8-19/h3-6,9-10,14,18H,1-2,7-8,11H2,(H2,17,23,24). The maximum Gasteiger partial charge on any atom is 0.270 e. The molecule has 0 amide bonds. The number of nitrogens with one attached hydrogen (secondary N) is 1. The van der Waals surface area contributed by atoms with Gasteiger partial charge in [-0.15, -0.1) is 0 Å². The summed E-state index contributed by atoms with van der Waals surface area (Å²) in [5, 5.41) is 19.2. The summed E-state index contributed by atoms with van der Waals surface area (Å²) < 4.78 is 29.2. The largest absolute Gasteiger partial charge is 0.468 e. The maximum atomic E-state index is 11.8. The van der Waals surface area contributed by atoms with Crippen LogP contribution in [0.2, 0.25) is 0 Å². The molecule has 0 bridgehead atoms. The molecule has 1 aromatic heterocycles. The quantitative estimate of drug-likeness (QED) is 0.555. The molecular formula is C16H20N4O5S. The Hall–Kier alpha value is -2.43. The van der Waals surface area contributed by atoms with Gasteiger partial charge >= 0.3 is 0 Å². The van der Waals surface area contributed by atoms with Gasteiger partial charge in [-0.1, -0.05) is 0 Å². The molecule has 0 aliphatic carbocycles. The van der Waals surface area contributed by atoms with Gasteiger partial charge in [0.2, 0.25) is 10.0 Å². The molecule has 0 spiro atoms. The van der Waals surface area contributed by atoms with Crippen molar-refractivity contribution in [2.45, 2.75) is 23.8 Å². The van der Waals surface area contributed by atoms with Gasteiger partial charge in [-0.05, 0) is 44.1 Å². The second-order valence-corrected chi connectivity index (χ2v) is 7.67. The van der Waals surface area contributed by atoms with Crippen molar-refractivity contribution in [3.05, 3.63) is 52.5 Å². The molecule has 3 rings (SSSR count). The van der Waals surface area contributed by atoms with E-state index < -0.39 is 14.9 Å². The van der Waals surface area contributed by atoms with E-state index >= 15 is 0 Å². The summed E-state index contributed by atoms with van der Waals surface area (Å²) in [4.78, 5) is 12.2. The highest BCUT2D eigenvalue weighted by molar-refractivity contribution is 7.89. The van der Waals surface area contributed by atoms with Crippen molar-refractivity contribution in [1.29, 1.82) is 0 Å². The molecule has 26 heavy (non-hydrogen) atoms. The van der Waals surface area contributed by atoms with Crippen LogP contribution in [0.5, 0.6) is 0 Å². The molecule has 140 valence electrons. The minimum atomic E-state index is -4.11. The second kappa shape index (κ2) is 7.44. The molecule has 2 heterocycles. The molecule has 0 radical (unpaired) electrons. The first kappa shape index (κ1) is 18.4. The van der Waals surface area contributed by atoms with Crippen LogP contribution in [0.4, 0.5) is 11.4 Å². The zero-order valence-corrected chi connectivity index (χ0v) is 14.8. The number of rotatable bonds is 7. The van der Waals surface area contributed by atoms with Crippen LogP contribution in [0.15, 0.2) is 45.9 Å². The van der Waals surface area contributed by atoms with Crippen molar-refractivity contribution in [2.75, 3.05) is 25.0 Å². The SMILES string of the molecule is NS(=O)(=O)c1cc([N+](=O)[O-])ccc1NCC(c1ccco1)N1CCCC1. The molecule has 1 unspecified atom stereocenters. The van der Waals surface area contributed by atoms with Gasteiger partial charge in [0.15, 0.2) is 0 Å². The predicted octanol–water partition coefficient (Wildman–Crippen LogP) is 2.08. The summed E-state index contributed by atoms with van der Waals surface area (Å²) in [6, 6.07) is 7.18. The zero-order chi connectivity index (χ0) is 18.7. The molecule has 1 aliphatic rings. The first-order valence-corrected chi connectivity index (χ1v) is 9.73. The number of anilines is 1. The fraction of sp³-hybridized carbons (Fsp3) is 0.375. The van der Waals surface area contributed by atoms with E-state index in [0.29, 0.717) is 6.54 Å².